The highest BCUT2D eigenvalue weighted by Crippen LogP contribution is 2.17. The van der Waals surface area contributed by atoms with Gasteiger partial charge >= 0.3 is 5.97 Å². The second kappa shape index (κ2) is 14.3. The van der Waals surface area contributed by atoms with Crippen molar-refractivity contribution < 1.29 is 9.53 Å². The molecule has 6 heteroatoms. The van der Waals surface area contributed by atoms with Gasteiger partial charge in [-0.2, -0.15) is 5.26 Å². The molecule has 0 atom stereocenters. The normalized spacial score (nSPS) is 10.3. The first-order valence-electron chi connectivity index (χ1n) is 11.0. The van der Waals surface area contributed by atoms with Crippen LogP contribution in [0, 0.1) is 11.5 Å². The highest BCUT2D eigenvalue weighted by molar-refractivity contribution is 5.83. The largest absolute Gasteiger partial charge is 0.466 e. The number of nitriles is 1. The Bertz CT molecular complexity index is 1090. The molecule has 172 valence electrons. The van der Waals surface area contributed by atoms with Crippen molar-refractivity contribution in [3.63, 3.8) is 0 Å². The first-order chi connectivity index (χ1) is 16.0. The van der Waals surface area contributed by atoms with Gasteiger partial charge in [0.05, 0.1) is 6.61 Å². The van der Waals surface area contributed by atoms with Gasteiger partial charge in [-0.3, -0.25) is 10.1 Å². The summed E-state index contributed by atoms with van der Waals surface area (Å²) in [5, 5.41) is 15.8. The first-order valence-corrected chi connectivity index (χ1v) is 11.0. The molecule has 2 aromatic carbocycles. The summed E-state index contributed by atoms with van der Waals surface area (Å²) in [7, 11) is 0. The summed E-state index contributed by atoms with van der Waals surface area (Å²) in [6, 6.07) is 16.7. The molecule has 0 aliphatic heterocycles. The van der Waals surface area contributed by atoms with Crippen LogP contribution in [0.3, 0.4) is 0 Å². The van der Waals surface area contributed by atoms with E-state index < -0.39 is 0 Å². The monoisotopic (exact) mass is 444 g/mol. The maximum Gasteiger partial charge on any atom is 0.302 e. The van der Waals surface area contributed by atoms with Gasteiger partial charge in [-0.15, -0.1) is 0 Å². The molecule has 0 fully saturated rings. The summed E-state index contributed by atoms with van der Waals surface area (Å²) in [5.74, 6) is -0.193. The highest BCUT2D eigenvalue weighted by atomic mass is 16.5. The third kappa shape index (κ3) is 9.46. The molecule has 1 aromatic heterocycles. The van der Waals surface area contributed by atoms with Crippen molar-refractivity contribution in [3.05, 3.63) is 89.8 Å². The van der Waals surface area contributed by atoms with Crippen molar-refractivity contribution in [2.45, 2.75) is 33.2 Å². The van der Waals surface area contributed by atoms with E-state index in [-0.39, 0.29) is 5.97 Å². The van der Waals surface area contributed by atoms with Crippen molar-refractivity contribution >= 4 is 22.9 Å². The maximum absolute atomic E-state index is 9.98. The number of nitrogens with zero attached hydrogens (tertiary/aromatic N) is 1. The van der Waals surface area contributed by atoms with Crippen LogP contribution in [0.5, 0.6) is 0 Å². The number of para-hydroxylation sites is 1. The van der Waals surface area contributed by atoms with Crippen LogP contribution in [0.2, 0.25) is 0 Å². The standard InChI is InChI=1S/C22H22N4.C5H10O2/c1-17(26-16-23)6-7-18-8-10-19(11-9-18)14-24-13-12-20-15-25-22-5-3-2-4-21(20)22;1-3-4-7-5(2)6/h2-11,15,24-26H,1,12-14H2;3-4H2,1-2H3/b7-6+;. The van der Waals surface area contributed by atoms with Crippen LogP contribution < -0.4 is 10.6 Å². The molecular weight excluding hydrogens is 412 g/mol. The average molecular weight is 445 g/mol. The Balaban J connectivity index is 0.000000479. The molecule has 6 nitrogen and oxygen atoms in total. The van der Waals surface area contributed by atoms with Gasteiger partial charge in [0.25, 0.3) is 0 Å². The summed E-state index contributed by atoms with van der Waals surface area (Å²) in [6.45, 7) is 9.43. The molecule has 0 aliphatic carbocycles. The molecule has 0 saturated carbocycles. The molecular formula is C27H32N4O2. The molecule has 33 heavy (non-hydrogen) atoms. The lowest BCUT2D eigenvalue weighted by molar-refractivity contribution is -0.140. The van der Waals surface area contributed by atoms with E-state index in [1.807, 2.05) is 19.2 Å². The number of aromatic amines is 1. The van der Waals surface area contributed by atoms with E-state index in [1.165, 1.54) is 29.0 Å². The summed E-state index contributed by atoms with van der Waals surface area (Å²) < 4.78 is 4.55. The van der Waals surface area contributed by atoms with E-state index in [9.17, 15) is 4.79 Å². The number of hydrogen-bond acceptors (Lipinski definition) is 5. The number of carbonyl (C=O) groups is 1. The van der Waals surface area contributed by atoms with Gasteiger partial charge in [0, 0.05) is 36.3 Å². The maximum atomic E-state index is 9.98. The minimum absolute atomic E-state index is 0.193. The van der Waals surface area contributed by atoms with Crippen LogP contribution in [-0.4, -0.2) is 24.1 Å². The number of nitrogens with one attached hydrogen (secondary N) is 3. The molecule has 0 aliphatic rings. The Kier molecular flexibility index (Phi) is 11.0. The van der Waals surface area contributed by atoms with Gasteiger partial charge in [0.2, 0.25) is 0 Å². The Morgan fingerprint density at radius 2 is 1.97 bits per heavy atom. The van der Waals surface area contributed by atoms with Crippen molar-refractivity contribution in [1.29, 1.82) is 5.26 Å². The third-order valence-corrected chi connectivity index (χ3v) is 4.76. The number of esters is 1. The minimum atomic E-state index is -0.193. The lowest BCUT2D eigenvalue weighted by Crippen LogP contribution is -2.16. The van der Waals surface area contributed by atoms with Crippen molar-refractivity contribution in [2.24, 2.45) is 0 Å². The fourth-order valence-electron chi connectivity index (χ4n) is 3.10. The number of rotatable bonds is 10. The minimum Gasteiger partial charge on any atom is -0.466 e. The number of benzene rings is 2. The van der Waals surface area contributed by atoms with Crippen LogP contribution in [0.4, 0.5) is 0 Å². The Labute approximate surface area is 196 Å². The zero-order chi connectivity index (χ0) is 23.9. The van der Waals surface area contributed by atoms with Crippen LogP contribution in [0.1, 0.15) is 37.0 Å². The number of fused-ring (bicyclic) bond motifs is 1. The second-order valence-corrected chi connectivity index (χ2v) is 7.46. The smallest absolute Gasteiger partial charge is 0.302 e. The van der Waals surface area contributed by atoms with Gasteiger partial charge in [0.1, 0.15) is 0 Å². The number of allylic oxidation sites excluding steroid dienone is 1. The quantitative estimate of drug-likeness (QED) is 0.134. The molecule has 0 saturated heterocycles. The molecule has 0 bridgehead atoms. The van der Waals surface area contributed by atoms with Crippen molar-refractivity contribution in [1.82, 2.24) is 15.6 Å². The Morgan fingerprint density at radius 1 is 1.21 bits per heavy atom. The average Bonchev–Trinajstić information content (AvgIpc) is 3.23. The van der Waals surface area contributed by atoms with E-state index in [4.69, 9.17) is 5.26 Å². The Hall–Kier alpha value is -3.82. The molecule has 0 amide bonds. The van der Waals surface area contributed by atoms with Gasteiger partial charge in [-0.1, -0.05) is 62.0 Å². The zero-order valence-electron chi connectivity index (χ0n) is 19.4. The summed E-state index contributed by atoms with van der Waals surface area (Å²) in [6.07, 6.45) is 9.57. The number of carbonyl (C=O) groups excluding carboxylic acids is 1. The molecule has 3 aromatic rings. The van der Waals surface area contributed by atoms with Gasteiger partial charge in [0.15, 0.2) is 6.19 Å². The zero-order valence-corrected chi connectivity index (χ0v) is 19.4. The van der Waals surface area contributed by atoms with E-state index in [1.54, 1.807) is 6.08 Å². The third-order valence-electron chi connectivity index (χ3n) is 4.76. The fraction of sp³-hybridized carbons (Fsp3) is 0.259. The molecule has 1 heterocycles. The second-order valence-electron chi connectivity index (χ2n) is 7.46. The predicted molar refractivity (Wildman–Crippen MR) is 134 cm³/mol. The number of H-pyrrole nitrogens is 1. The molecule has 3 N–H and O–H groups in total. The Morgan fingerprint density at radius 3 is 2.64 bits per heavy atom. The van der Waals surface area contributed by atoms with Gasteiger partial charge in [-0.05, 0) is 48.2 Å². The molecule has 3 rings (SSSR count). The van der Waals surface area contributed by atoms with Crippen LogP contribution >= 0.6 is 0 Å². The van der Waals surface area contributed by atoms with E-state index >= 15 is 0 Å². The van der Waals surface area contributed by atoms with Crippen LogP contribution in [0.25, 0.3) is 17.0 Å². The highest BCUT2D eigenvalue weighted by Gasteiger charge is 2.02. The fourth-order valence-corrected chi connectivity index (χ4v) is 3.10. The molecule has 0 unspecified atom stereocenters. The summed E-state index contributed by atoms with van der Waals surface area (Å²) in [4.78, 5) is 13.3. The lowest BCUT2D eigenvalue weighted by Gasteiger charge is -2.05. The van der Waals surface area contributed by atoms with Gasteiger partial charge in [-0.25, -0.2) is 0 Å². The summed E-state index contributed by atoms with van der Waals surface area (Å²) in [5.41, 5.74) is 5.44. The van der Waals surface area contributed by atoms with Crippen molar-refractivity contribution in [3.8, 4) is 6.19 Å². The first kappa shape index (κ1) is 25.4. The van der Waals surface area contributed by atoms with Crippen LogP contribution in [-0.2, 0) is 22.5 Å². The van der Waals surface area contributed by atoms with Crippen molar-refractivity contribution in [2.75, 3.05) is 13.2 Å². The number of aromatic nitrogens is 1. The molecule has 0 spiro atoms. The molecule has 0 radical (unpaired) electrons. The predicted octanol–water partition coefficient (Wildman–Crippen LogP) is 5.06. The SMILES string of the molecule is C=C(/C=C/c1ccc(CNCCc2c[nH]c3ccccc23)cc1)NC#N.CCCOC(C)=O. The van der Waals surface area contributed by atoms with E-state index in [0.717, 1.165) is 31.5 Å². The van der Waals surface area contributed by atoms with Gasteiger partial charge < -0.3 is 15.0 Å². The lowest BCUT2D eigenvalue weighted by atomic mass is 10.1. The number of hydrogen-bond donors (Lipinski definition) is 3. The number of ether oxygens (including phenoxy) is 1. The topological polar surface area (TPSA) is 89.9 Å². The summed E-state index contributed by atoms with van der Waals surface area (Å²) >= 11 is 0. The van der Waals surface area contributed by atoms with Crippen LogP contribution in [0.15, 0.2) is 73.1 Å². The van der Waals surface area contributed by atoms with E-state index in [0.29, 0.717) is 12.3 Å². The van der Waals surface area contributed by atoms with E-state index in [2.05, 4.69) is 81.7 Å².